The number of carbonyl (C=O) groups is 1. The summed E-state index contributed by atoms with van der Waals surface area (Å²) in [5.41, 5.74) is 0.566. The van der Waals surface area contributed by atoms with Gasteiger partial charge < -0.3 is 14.1 Å². The van der Waals surface area contributed by atoms with E-state index in [2.05, 4.69) is 10.2 Å². The van der Waals surface area contributed by atoms with E-state index in [-0.39, 0.29) is 18.8 Å². The van der Waals surface area contributed by atoms with Crippen molar-refractivity contribution < 1.29 is 19.2 Å². The first-order valence-corrected chi connectivity index (χ1v) is 8.61. The minimum atomic E-state index is -0.927. The molecule has 1 N–H and O–H groups in total. The number of hydrogen-bond acceptors (Lipinski definition) is 7. The summed E-state index contributed by atoms with van der Waals surface area (Å²) in [6.07, 6.45) is 0. The van der Waals surface area contributed by atoms with Crippen LogP contribution >= 0.6 is 0 Å². The van der Waals surface area contributed by atoms with Gasteiger partial charge in [-0.3, -0.25) is 19.8 Å². The van der Waals surface area contributed by atoms with Crippen molar-refractivity contribution in [3.05, 3.63) is 63.9 Å². The molecule has 0 spiro atoms. The second-order valence-corrected chi connectivity index (χ2v) is 6.61. The predicted molar refractivity (Wildman–Crippen MR) is 96.2 cm³/mol. The molecule has 1 aromatic carbocycles. The molecule has 1 atom stereocenters. The van der Waals surface area contributed by atoms with E-state index in [0.717, 1.165) is 0 Å². The molecule has 2 aromatic heterocycles. The molecule has 0 saturated carbocycles. The van der Waals surface area contributed by atoms with Crippen LogP contribution in [0.2, 0.25) is 0 Å². The van der Waals surface area contributed by atoms with Crippen LogP contribution in [0.3, 0.4) is 0 Å². The van der Waals surface area contributed by atoms with Gasteiger partial charge in [-0.1, -0.05) is 12.1 Å². The first kappa shape index (κ1) is 17.9. The highest BCUT2D eigenvalue weighted by Crippen LogP contribution is 2.27. The van der Waals surface area contributed by atoms with E-state index in [9.17, 15) is 20.0 Å². The maximum absolute atomic E-state index is 11.7. The van der Waals surface area contributed by atoms with E-state index in [1.165, 1.54) is 12.1 Å². The number of rotatable bonds is 5. The number of aliphatic carboxylic acids is 1. The summed E-state index contributed by atoms with van der Waals surface area (Å²) in [4.78, 5) is 24.0. The SMILES string of the molecule is Cc1nnc2n1CC(C(=O)O)N(Cc1ccc(-c3cccc([N+](=O)[O-])c3)o1)C2. The number of aromatic nitrogens is 3. The van der Waals surface area contributed by atoms with E-state index in [4.69, 9.17) is 4.42 Å². The van der Waals surface area contributed by atoms with Gasteiger partial charge in [0.15, 0.2) is 0 Å². The van der Waals surface area contributed by atoms with Crippen LogP contribution in [0.5, 0.6) is 0 Å². The lowest BCUT2D eigenvalue weighted by atomic mass is 10.1. The number of nitro groups is 1. The molecule has 1 aliphatic rings. The highest BCUT2D eigenvalue weighted by molar-refractivity contribution is 5.73. The first-order chi connectivity index (χ1) is 13.4. The zero-order valence-electron chi connectivity index (χ0n) is 15.0. The quantitative estimate of drug-likeness (QED) is 0.525. The van der Waals surface area contributed by atoms with Crippen molar-refractivity contribution in [3.8, 4) is 11.3 Å². The van der Waals surface area contributed by atoms with Crippen molar-refractivity contribution in [2.75, 3.05) is 0 Å². The van der Waals surface area contributed by atoms with Crippen molar-refractivity contribution >= 4 is 11.7 Å². The number of furan rings is 1. The standard InChI is InChI=1S/C18H17N5O5/c1-11-19-20-17-10-21(15(18(24)25)9-22(11)17)8-14-5-6-16(28-14)12-3-2-4-13(7-12)23(26)27/h2-7,15H,8-10H2,1H3,(H,24,25). The van der Waals surface area contributed by atoms with E-state index in [1.54, 1.807) is 36.1 Å². The lowest BCUT2D eigenvalue weighted by molar-refractivity contribution is -0.384. The Bertz CT molecular complexity index is 1060. The predicted octanol–water partition coefficient (Wildman–Crippen LogP) is 2.22. The number of hydrogen-bond donors (Lipinski definition) is 1. The maximum atomic E-state index is 11.7. The van der Waals surface area contributed by atoms with Crippen molar-refractivity contribution in [2.24, 2.45) is 0 Å². The number of nitrogens with zero attached hydrogens (tertiary/aromatic N) is 5. The minimum absolute atomic E-state index is 0.0212. The van der Waals surface area contributed by atoms with Crippen molar-refractivity contribution in [3.63, 3.8) is 0 Å². The lowest BCUT2D eigenvalue weighted by Gasteiger charge is -2.32. The highest BCUT2D eigenvalue weighted by atomic mass is 16.6. The van der Waals surface area contributed by atoms with E-state index >= 15 is 0 Å². The van der Waals surface area contributed by atoms with Crippen molar-refractivity contribution in [1.82, 2.24) is 19.7 Å². The number of fused-ring (bicyclic) bond motifs is 1. The van der Waals surface area contributed by atoms with Gasteiger partial charge in [0, 0.05) is 17.7 Å². The van der Waals surface area contributed by atoms with Gasteiger partial charge in [-0.15, -0.1) is 10.2 Å². The van der Waals surface area contributed by atoms with Crippen LogP contribution < -0.4 is 0 Å². The molecule has 10 nitrogen and oxygen atoms in total. The molecule has 144 valence electrons. The summed E-state index contributed by atoms with van der Waals surface area (Å²) in [5.74, 6) is 1.52. The molecule has 4 rings (SSSR count). The molecule has 0 bridgehead atoms. The normalized spacial score (nSPS) is 16.7. The molecule has 3 aromatic rings. The van der Waals surface area contributed by atoms with E-state index in [1.807, 2.05) is 4.57 Å². The zero-order chi connectivity index (χ0) is 19.8. The number of carboxylic acids is 1. The number of non-ortho nitro benzene ring substituents is 1. The molecule has 10 heteroatoms. The highest BCUT2D eigenvalue weighted by Gasteiger charge is 2.33. The number of benzene rings is 1. The Labute approximate surface area is 159 Å². The largest absolute Gasteiger partial charge is 0.480 e. The molecule has 3 heterocycles. The Balaban J connectivity index is 1.57. The summed E-state index contributed by atoms with van der Waals surface area (Å²) in [6.45, 7) is 2.67. The number of nitro benzene ring substituents is 1. The van der Waals surface area contributed by atoms with Gasteiger partial charge in [-0.05, 0) is 19.1 Å². The molecular formula is C18H17N5O5. The molecule has 28 heavy (non-hydrogen) atoms. The number of carboxylic acid groups (broad SMARTS) is 1. The van der Waals surface area contributed by atoms with Gasteiger partial charge in [-0.2, -0.15) is 0 Å². The van der Waals surface area contributed by atoms with Gasteiger partial charge in [-0.25, -0.2) is 0 Å². The number of aryl methyl sites for hydroxylation is 1. The van der Waals surface area contributed by atoms with Crippen LogP contribution in [0.4, 0.5) is 5.69 Å². The summed E-state index contributed by atoms with van der Waals surface area (Å²) >= 11 is 0. The van der Waals surface area contributed by atoms with Crippen LogP contribution in [0.1, 0.15) is 17.4 Å². The summed E-state index contributed by atoms with van der Waals surface area (Å²) < 4.78 is 7.64. The minimum Gasteiger partial charge on any atom is -0.480 e. The molecule has 0 fully saturated rings. The maximum Gasteiger partial charge on any atom is 0.322 e. The van der Waals surface area contributed by atoms with Gasteiger partial charge in [0.1, 0.15) is 29.2 Å². The fourth-order valence-corrected chi connectivity index (χ4v) is 3.35. The third-order valence-corrected chi connectivity index (χ3v) is 4.80. The Morgan fingerprint density at radius 2 is 2.18 bits per heavy atom. The lowest BCUT2D eigenvalue weighted by Crippen LogP contribution is -2.47. The van der Waals surface area contributed by atoms with Crippen LogP contribution in [-0.2, 0) is 24.4 Å². The Morgan fingerprint density at radius 3 is 2.93 bits per heavy atom. The molecule has 0 radical (unpaired) electrons. The van der Waals surface area contributed by atoms with Gasteiger partial charge >= 0.3 is 5.97 Å². The van der Waals surface area contributed by atoms with Crippen molar-refractivity contribution in [2.45, 2.75) is 32.6 Å². The topological polar surface area (TPSA) is 128 Å². The summed E-state index contributed by atoms with van der Waals surface area (Å²) in [5, 5.41) is 28.7. The molecule has 0 saturated heterocycles. The van der Waals surface area contributed by atoms with Crippen LogP contribution in [0.15, 0.2) is 40.8 Å². The zero-order valence-corrected chi connectivity index (χ0v) is 15.0. The van der Waals surface area contributed by atoms with Crippen LogP contribution in [0, 0.1) is 17.0 Å². The third kappa shape index (κ3) is 3.25. The van der Waals surface area contributed by atoms with Crippen LogP contribution in [-0.4, -0.2) is 41.7 Å². The van der Waals surface area contributed by atoms with Gasteiger partial charge in [0.25, 0.3) is 5.69 Å². The average molecular weight is 383 g/mol. The molecule has 0 amide bonds. The van der Waals surface area contributed by atoms with Gasteiger partial charge in [0.05, 0.1) is 24.6 Å². The van der Waals surface area contributed by atoms with Gasteiger partial charge in [0.2, 0.25) is 0 Å². The molecule has 1 unspecified atom stereocenters. The summed E-state index contributed by atoms with van der Waals surface area (Å²) in [6, 6.07) is 8.91. The monoisotopic (exact) mass is 383 g/mol. The Kier molecular flexibility index (Phi) is 4.40. The average Bonchev–Trinajstić information content (AvgIpc) is 3.28. The van der Waals surface area contributed by atoms with Crippen LogP contribution in [0.25, 0.3) is 11.3 Å². The summed E-state index contributed by atoms with van der Waals surface area (Å²) in [7, 11) is 0. The molecular weight excluding hydrogens is 366 g/mol. The first-order valence-electron chi connectivity index (χ1n) is 8.61. The Morgan fingerprint density at radius 1 is 1.36 bits per heavy atom. The van der Waals surface area contributed by atoms with E-state index in [0.29, 0.717) is 35.3 Å². The second-order valence-electron chi connectivity index (χ2n) is 6.61. The smallest absolute Gasteiger partial charge is 0.322 e. The Hall–Kier alpha value is -3.53. The molecule has 1 aliphatic heterocycles. The van der Waals surface area contributed by atoms with E-state index < -0.39 is 16.9 Å². The fourth-order valence-electron chi connectivity index (χ4n) is 3.35. The fraction of sp³-hybridized carbons (Fsp3) is 0.278. The third-order valence-electron chi connectivity index (χ3n) is 4.80. The second kappa shape index (κ2) is 6.89. The van der Waals surface area contributed by atoms with Crippen molar-refractivity contribution in [1.29, 1.82) is 0 Å². The molecule has 0 aliphatic carbocycles.